The van der Waals surface area contributed by atoms with E-state index in [0.29, 0.717) is 16.4 Å². The van der Waals surface area contributed by atoms with Gasteiger partial charge in [-0.3, -0.25) is 0 Å². The molecule has 5 heteroatoms. The van der Waals surface area contributed by atoms with Crippen LogP contribution < -0.4 is 0 Å². The molecule has 0 amide bonds. The molecule has 0 unspecified atom stereocenters. The summed E-state index contributed by atoms with van der Waals surface area (Å²) in [6.07, 6.45) is 1.89. The van der Waals surface area contributed by atoms with Gasteiger partial charge in [0.15, 0.2) is 0 Å². The quantitative estimate of drug-likeness (QED) is 0.439. The summed E-state index contributed by atoms with van der Waals surface area (Å²) in [5.41, 5.74) is 7.55. The van der Waals surface area contributed by atoms with Crippen molar-refractivity contribution in [3.05, 3.63) is 81.9 Å². The summed E-state index contributed by atoms with van der Waals surface area (Å²) in [4.78, 5) is 7.78. The number of hydrogen-bond donors (Lipinski definition) is 1. The number of imidazole rings is 1. The average Bonchev–Trinajstić information content (AvgIpc) is 3.22. The molecule has 28 heavy (non-hydrogen) atoms. The molecule has 2 heterocycles. The standard InChI is InChI=1S/C23H19ClN4/c1-14-8-9-19(24)12-22(14)28-15(2)10-17(16(28)3)11-18(13-25)23-26-20-6-4-5-7-21(20)27-23/h4-12H,1-3H3,(H,26,27)/b18-11+. The first kappa shape index (κ1) is 18.1. The van der Waals surface area contributed by atoms with E-state index in [-0.39, 0.29) is 0 Å². The van der Waals surface area contributed by atoms with Crippen molar-refractivity contribution in [2.45, 2.75) is 20.8 Å². The van der Waals surface area contributed by atoms with E-state index in [1.54, 1.807) is 0 Å². The molecule has 4 nitrogen and oxygen atoms in total. The average molecular weight is 387 g/mol. The highest BCUT2D eigenvalue weighted by atomic mass is 35.5. The lowest BCUT2D eigenvalue weighted by Gasteiger charge is -2.13. The molecule has 0 aliphatic heterocycles. The van der Waals surface area contributed by atoms with E-state index in [1.807, 2.05) is 55.5 Å². The SMILES string of the molecule is Cc1ccc(Cl)cc1-n1c(C)cc(/C=C(\C#N)c2nc3ccccc3[nH]2)c1C. The number of H-pyrrole nitrogens is 1. The Balaban J connectivity index is 1.83. The van der Waals surface area contributed by atoms with Crippen LogP contribution in [-0.2, 0) is 0 Å². The second-order valence-corrected chi connectivity index (χ2v) is 7.30. The number of aromatic amines is 1. The summed E-state index contributed by atoms with van der Waals surface area (Å²) < 4.78 is 2.17. The number of nitrogens with zero attached hydrogens (tertiary/aromatic N) is 3. The van der Waals surface area contributed by atoms with Crippen molar-refractivity contribution in [3.8, 4) is 11.8 Å². The number of halogens is 1. The van der Waals surface area contributed by atoms with E-state index in [0.717, 1.165) is 39.2 Å². The van der Waals surface area contributed by atoms with Crippen molar-refractivity contribution in [2.75, 3.05) is 0 Å². The summed E-state index contributed by atoms with van der Waals surface area (Å²) in [6, 6.07) is 18.0. The number of benzene rings is 2. The third-order valence-electron chi connectivity index (χ3n) is 4.95. The van der Waals surface area contributed by atoms with Crippen LogP contribution in [0.5, 0.6) is 0 Å². The van der Waals surface area contributed by atoms with Gasteiger partial charge in [-0.2, -0.15) is 5.26 Å². The number of aryl methyl sites for hydroxylation is 2. The van der Waals surface area contributed by atoms with E-state index in [4.69, 9.17) is 11.6 Å². The summed E-state index contributed by atoms with van der Waals surface area (Å²) >= 11 is 6.22. The fourth-order valence-corrected chi connectivity index (χ4v) is 3.68. The minimum atomic E-state index is 0.499. The molecular formula is C23H19ClN4. The molecule has 4 aromatic rings. The van der Waals surface area contributed by atoms with Gasteiger partial charge in [0.1, 0.15) is 11.9 Å². The fraction of sp³-hybridized carbons (Fsp3) is 0.130. The van der Waals surface area contributed by atoms with E-state index in [2.05, 4.69) is 40.5 Å². The molecule has 2 aromatic carbocycles. The second kappa shape index (κ2) is 7.03. The third kappa shape index (κ3) is 3.11. The van der Waals surface area contributed by atoms with Gasteiger partial charge in [0.2, 0.25) is 0 Å². The highest BCUT2D eigenvalue weighted by Crippen LogP contribution is 2.28. The van der Waals surface area contributed by atoms with Crippen LogP contribution in [0.15, 0.2) is 48.5 Å². The van der Waals surface area contributed by atoms with Gasteiger partial charge < -0.3 is 9.55 Å². The topological polar surface area (TPSA) is 57.4 Å². The Morgan fingerprint density at radius 1 is 1.14 bits per heavy atom. The largest absolute Gasteiger partial charge is 0.337 e. The highest BCUT2D eigenvalue weighted by molar-refractivity contribution is 6.30. The van der Waals surface area contributed by atoms with Crippen LogP contribution in [0.1, 0.15) is 28.3 Å². The summed E-state index contributed by atoms with van der Waals surface area (Å²) in [5.74, 6) is 0.576. The molecular weight excluding hydrogens is 368 g/mol. The minimum Gasteiger partial charge on any atom is -0.337 e. The van der Waals surface area contributed by atoms with Crippen molar-refractivity contribution in [1.82, 2.24) is 14.5 Å². The number of nitrogens with one attached hydrogen (secondary N) is 1. The first-order valence-corrected chi connectivity index (χ1v) is 9.38. The molecule has 0 saturated heterocycles. The molecule has 0 aliphatic carbocycles. The van der Waals surface area contributed by atoms with Crippen LogP contribution in [-0.4, -0.2) is 14.5 Å². The van der Waals surface area contributed by atoms with Gasteiger partial charge in [0.25, 0.3) is 0 Å². The molecule has 138 valence electrons. The molecule has 0 aliphatic rings. The van der Waals surface area contributed by atoms with Crippen LogP contribution >= 0.6 is 11.6 Å². The lowest BCUT2D eigenvalue weighted by molar-refractivity contribution is 0.954. The van der Waals surface area contributed by atoms with Gasteiger partial charge in [-0.1, -0.05) is 29.8 Å². The van der Waals surface area contributed by atoms with E-state index in [1.165, 1.54) is 0 Å². The molecule has 1 N–H and O–H groups in total. The lowest BCUT2D eigenvalue weighted by Crippen LogP contribution is -2.01. The van der Waals surface area contributed by atoms with E-state index < -0.39 is 0 Å². The Labute approximate surface area is 168 Å². The van der Waals surface area contributed by atoms with Gasteiger partial charge in [0, 0.05) is 22.1 Å². The second-order valence-electron chi connectivity index (χ2n) is 6.87. The van der Waals surface area contributed by atoms with Crippen LogP contribution in [0.2, 0.25) is 5.02 Å². The molecule has 0 bridgehead atoms. The summed E-state index contributed by atoms with van der Waals surface area (Å²) in [7, 11) is 0. The number of rotatable bonds is 3. The zero-order chi connectivity index (χ0) is 19.8. The Morgan fingerprint density at radius 3 is 2.68 bits per heavy atom. The lowest BCUT2D eigenvalue weighted by atomic mass is 10.1. The first-order chi connectivity index (χ1) is 13.5. The summed E-state index contributed by atoms with van der Waals surface area (Å²) in [6.45, 7) is 6.17. The monoisotopic (exact) mass is 386 g/mol. The molecule has 2 aromatic heterocycles. The maximum atomic E-state index is 9.73. The Hall–Kier alpha value is -3.29. The van der Waals surface area contributed by atoms with Crippen LogP contribution in [0.4, 0.5) is 0 Å². The molecule has 4 rings (SSSR count). The molecule has 0 spiro atoms. The first-order valence-electron chi connectivity index (χ1n) is 9.00. The molecule has 0 radical (unpaired) electrons. The van der Waals surface area contributed by atoms with Crippen molar-refractivity contribution >= 4 is 34.3 Å². The van der Waals surface area contributed by atoms with Crippen LogP contribution in [0, 0.1) is 32.1 Å². The summed E-state index contributed by atoms with van der Waals surface area (Å²) in [5, 5.41) is 10.4. The zero-order valence-corrected chi connectivity index (χ0v) is 16.7. The number of aromatic nitrogens is 3. The molecule has 0 saturated carbocycles. The Kier molecular flexibility index (Phi) is 4.54. The fourth-order valence-electron chi connectivity index (χ4n) is 3.52. The zero-order valence-electron chi connectivity index (χ0n) is 15.9. The van der Waals surface area contributed by atoms with Crippen molar-refractivity contribution in [1.29, 1.82) is 5.26 Å². The van der Waals surface area contributed by atoms with Gasteiger partial charge in [0.05, 0.1) is 16.6 Å². The van der Waals surface area contributed by atoms with E-state index >= 15 is 0 Å². The van der Waals surface area contributed by atoms with Crippen molar-refractivity contribution in [3.63, 3.8) is 0 Å². The number of allylic oxidation sites excluding steroid dienone is 1. The van der Waals surface area contributed by atoms with Crippen molar-refractivity contribution in [2.24, 2.45) is 0 Å². The number of fused-ring (bicyclic) bond motifs is 1. The number of para-hydroxylation sites is 2. The van der Waals surface area contributed by atoms with Crippen LogP contribution in [0.3, 0.4) is 0 Å². The molecule has 0 fully saturated rings. The van der Waals surface area contributed by atoms with Gasteiger partial charge in [-0.25, -0.2) is 4.98 Å². The van der Waals surface area contributed by atoms with Gasteiger partial charge in [-0.15, -0.1) is 0 Å². The van der Waals surface area contributed by atoms with Crippen LogP contribution in [0.25, 0.3) is 28.4 Å². The third-order valence-corrected chi connectivity index (χ3v) is 5.18. The Bertz CT molecular complexity index is 1230. The maximum absolute atomic E-state index is 9.73. The smallest absolute Gasteiger partial charge is 0.149 e. The number of nitriles is 1. The minimum absolute atomic E-state index is 0.499. The molecule has 0 atom stereocenters. The predicted molar refractivity (Wildman–Crippen MR) is 115 cm³/mol. The number of hydrogen-bond acceptors (Lipinski definition) is 2. The van der Waals surface area contributed by atoms with E-state index in [9.17, 15) is 5.26 Å². The van der Waals surface area contributed by atoms with Crippen molar-refractivity contribution < 1.29 is 0 Å². The maximum Gasteiger partial charge on any atom is 0.149 e. The normalized spacial score (nSPS) is 11.8. The van der Waals surface area contributed by atoms with Gasteiger partial charge >= 0.3 is 0 Å². The highest BCUT2D eigenvalue weighted by Gasteiger charge is 2.14. The predicted octanol–water partition coefficient (Wildman–Crippen LogP) is 6.00. The Morgan fingerprint density at radius 2 is 1.93 bits per heavy atom. The van der Waals surface area contributed by atoms with Gasteiger partial charge in [-0.05, 0) is 68.3 Å².